The Hall–Kier alpha value is -5.43. The molecular formula is C60H79N3O6SSi. The monoisotopic (exact) mass is 998 g/mol. The van der Waals surface area contributed by atoms with Gasteiger partial charge in [-0.2, -0.15) is 0 Å². The second-order valence-corrected chi connectivity index (χ2v) is 27.3. The van der Waals surface area contributed by atoms with E-state index in [0.29, 0.717) is 56.4 Å². The minimum absolute atomic E-state index is 0.0332. The molecule has 0 spiro atoms. The Morgan fingerprint density at radius 3 is 1.80 bits per heavy atom. The van der Waals surface area contributed by atoms with Crippen molar-refractivity contribution in [3.63, 3.8) is 0 Å². The minimum atomic E-state index is -3.59. The lowest BCUT2D eigenvalue weighted by Crippen LogP contribution is -2.43. The molecule has 0 aliphatic carbocycles. The summed E-state index contributed by atoms with van der Waals surface area (Å²) >= 11 is 0. The summed E-state index contributed by atoms with van der Waals surface area (Å²) in [6.07, 6.45) is 3.34. The SMILES string of the molecule is CC(C)N(CC[C@H](c1ccccc1)c1cc(CCOc2cccc(CCNC[C@H](O[Si](C)(C)C(C)(C)C)c3ccc(OCc4ccccc4)c(NS(C)(=O)=O)c3)c2)ccc1OCc1ccccc1)C(C)C. The van der Waals surface area contributed by atoms with E-state index in [1.165, 1.54) is 22.3 Å². The number of hydrogen-bond acceptors (Lipinski definition) is 8. The molecule has 11 heteroatoms. The summed E-state index contributed by atoms with van der Waals surface area (Å²) in [6.45, 7) is 23.9. The van der Waals surface area contributed by atoms with Crippen LogP contribution in [0.25, 0.3) is 0 Å². The molecule has 71 heavy (non-hydrogen) atoms. The third-order valence-corrected chi connectivity index (χ3v) is 18.6. The lowest BCUT2D eigenvalue weighted by atomic mass is 9.86. The third-order valence-electron chi connectivity index (χ3n) is 13.5. The normalized spacial score (nSPS) is 13.1. The van der Waals surface area contributed by atoms with Crippen LogP contribution in [0.5, 0.6) is 17.2 Å². The van der Waals surface area contributed by atoms with Crippen LogP contribution in [0.2, 0.25) is 18.1 Å². The number of sulfonamides is 1. The summed E-state index contributed by atoms with van der Waals surface area (Å²) in [7, 11) is -5.84. The molecule has 0 heterocycles. The molecule has 0 bridgehead atoms. The smallest absolute Gasteiger partial charge is 0.229 e. The Bertz CT molecular complexity index is 2650. The highest BCUT2D eigenvalue weighted by Crippen LogP contribution is 2.41. The van der Waals surface area contributed by atoms with E-state index < -0.39 is 18.3 Å². The van der Waals surface area contributed by atoms with Gasteiger partial charge in [-0.3, -0.25) is 9.62 Å². The van der Waals surface area contributed by atoms with Crippen LogP contribution in [-0.2, 0) is 40.5 Å². The average Bonchev–Trinajstić information content (AvgIpc) is 3.33. The van der Waals surface area contributed by atoms with Crippen molar-refractivity contribution < 1.29 is 27.1 Å². The maximum absolute atomic E-state index is 12.6. The molecule has 0 radical (unpaired) electrons. The van der Waals surface area contributed by atoms with Gasteiger partial charge in [0, 0.05) is 36.5 Å². The predicted octanol–water partition coefficient (Wildman–Crippen LogP) is 13.4. The maximum atomic E-state index is 12.6. The van der Waals surface area contributed by atoms with Gasteiger partial charge in [-0.05, 0) is 135 Å². The van der Waals surface area contributed by atoms with E-state index in [1.54, 1.807) is 0 Å². The Labute approximate surface area is 427 Å². The van der Waals surface area contributed by atoms with Gasteiger partial charge in [0.25, 0.3) is 0 Å². The van der Waals surface area contributed by atoms with Crippen LogP contribution in [0.3, 0.4) is 0 Å². The standard InChI is InChI=1S/C60H79N3O6SSi/c1-45(2)63(46(3)4)37-34-54(51-26-18-13-19-27-51)55-40-48(29-31-57(55)67-43-49-21-14-11-15-22-49)35-38-66-53-28-20-25-47(39-53)33-36-61-42-59(69-71(9,10)60(5,6)7)52-30-32-58(56(41-52)62-70(8,64)65)68-44-50-23-16-12-17-24-50/h11-32,39-41,45-46,54,59,61-62H,33-38,42-44H2,1-10H3/t54-,59+/m1/s1. The molecule has 0 saturated heterocycles. The van der Waals surface area contributed by atoms with Gasteiger partial charge >= 0.3 is 0 Å². The van der Waals surface area contributed by atoms with E-state index in [-0.39, 0.29) is 17.1 Å². The van der Waals surface area contributed by atoms with E-state index in [1.807, 2.05) is 60.7 Å². The fourth-order valence-corrected chi connectivity index (χ4v) is 10.5. The van der Waals surface area contributed by atoms with Crippen LogP contribution < -0.4 is 24.2 Å². The number of nitrogens with one attached hydrogen (secondary N) is 2. The van der Waals surface area contributed by atoms with E-state index in [4.69, 9.17) is 18.6 Å². The molecule has 0 fully saturated rings. The topological polar surface area (TPSA) is 98.4 Å². The largest absolute Gasteiger partial charge is 0.493 e. The molecule has 6 rings (SSSR count). The minimum Gasteiger partial charge on any atom is -0.493 e. The molecule has 0 saturated carbocycles. The summed E-state index contributed by atoms with van der Waals surface area (Å²) < 4.78 is 54.1. The van der Waals surface area contributed by atoms with Crippen LogP contribution in [-0.4, -0.2) is 66.2 Å². The van der Waals surface area contributed by atoms with Gasteiger partial charge in [-0.1, -0.05) is 142 Å². The number of anilines is 1. The summed E-state index contributed by atoms with van der Waals surface area (Å²) in [6, 6.07) is 52.7. The number of benzene rings is 6. The van der Waals surface area contributed by atoms with Crippen molar-refractivity contribution in [3.8, 4) is 17.2 Å². The molecule has 0 unspecified atom stereocenters. The first kappa shape index (κ1) is 54.9. The summed E-state index contributed by atoms with van der Waals surface area (Å²) in [5.74, 6) is 2.37. The molecule has 0 aliphatic rings. The lowest BCUT2D eigenvalue weighted by Gasteiger charge is -2.39. The maximum Gasteiger partial charge on any atom is 0.229 e. The molecule has 9 nitrogen and oxygen atoms in total. The second kappa shape index (κ2) is 25.8. The van der Waals surface area contributed by atoms with Crippen molar-refractivity contribution in [3.05, 3.63) is 191 Å². The first-order valence-corrected chi connectivity index (χ1v) is 30.1. The zero-order valence-corrected chi connectivity index (χ0v) is 45.7. The zero-order chi connectivity index (χ0) is 51.0. The van der Waals surface area contributed by atoms with Gasteiger partial charge in [-0.15, -0.1) is 0 Å². The quantitative estimate of drug-likeness (QED) is 0.0389. The molecule has 380 valence electrons. The average molecular weight is 998 g/mol. The van der Waals surface area contributed by atoms with Gasteiger partial charge in [0.15, 0.2) is 8.32 Å². The Kier molecular flexibility index (Phi) is 19.9. The molecule has 6 aromatic carbocycles. The second-order valence-electron chi connectivity index (χ2n) is 20.8. The van der Waals surface area contributed by atoms with E-state index in [0.717, 1.165) is 60.3 Å². The Balaban J connectivity index is 1.13. The van der Waals surface area contributed by atoms with Crippen molar-refractivity contribution in [2.45, 2.75) is 123 Å². The van der Waals surface area contributed by atoms with Crippen LogP contribution in [0, 0.1) is 0 Å². The highest BCUT2D eigenvalue weighted by molar-refractivity contribution is 7.92. The molecule has 0 aromatic heterocycles. The summed E-state index contributed by atoms with van der Waals surface area (Å²) in [5, 5.41) is 3.63. The molecular weight excluding hydrogens is 919 g/mol. The number of hydrogen-bond donors (Lipinski definition) is 2. The van der Waals surface area contributed by atoms with Gasteiger partial charge in [-0.25, -0.2) is 8.42 Å². The van der Waals surface area contributed by atoms with Crippen LogP contribution in [0.1, 0.15) is 106 Å². The highest BCUT2D eigenvalue weighted by Gasteiger charge is 2.39. The first-order valence-electron chi connectivity index (χ1n) is 25.3. The van der Waals surface area contributed by atoms with Gasteiger partial charge in [0.2, 0.25) is 10.0 Å². The molecule has 2 atom stereocenters. The van der Waals surface area contributed by atoms with E-state index in [9.17, 15) is 8.42 Å². The van der Waals surface area contributed by atoms with E-state index >= 15 is 0 Å². The van der Waals surface area contributed by atoms with Crippen molar-refractivity contribution >= 4 is 24.0 Å². The third kappa shape index (κ3) is 17.1. The fraction of sp³-hybridized carbons (Fsp3) is 0.400. The van der Waals surface area contributed by atoms with Crippen LogP contribution in [0.4, 0.5) is 5.69 Å². The number of ether oxygens (including phenoxy) is 3. The fourth-order valence-electron chi connectivity index (χ4n) is 8.66. The molecule has 0 aliphatic heterocycles. The zero-order valence-electron chi connectivity index (χ0n) is 43.9. The van der Waals surface area contributed by atoms with E-state index in [2.05, 4.69) is 167 Å². The molecule has 2 N–H and O–H groups in total. The van der Waals surface area contributed by atoms with Crippen molar-refractivity contribution in [1.29, 1.82) is 0 Å². The van der Waals surface area contributed by atoms with Gasteiger partial charge in [0.1, 0.15) is 30.5 Å². The summed E-state index contributed by atoms with van der Waals surface area (Å²) in [5.41, 5.74) is 8.26. The highest BCUT2D eigenvalue weighted by atomic mass is 32.2. The lowest BCUT2D eigenvalue weighted by molar-refractivity contribution is 0.170. The number of nitrogens with zero attached hydrogens (tertiary/aromatic N) is 1. The van der Waals surface area contributed by atoms with Crippen molar-refractivity contribution in [2.75, 3.05) is 37.2 Å². The summed E-state index contributed by atoms with van der Waals surface area (Å²) in [4.78, 5) is 2.58. The van der Waals surface area contributed by atoms with Crippen molar-refractivity contribution in [2.24, 2.45) is 0 Å². The number of rotatable bonds is 27. The Morgan fingerprint density at radius 1 is 0.620 bits per heavy atom. The van der Waals surface area contributed by atoms with Crippen LogP contribution >= 0.6 is 0 Å². The molecule has 6 aromatic rings. The molecule has 0 amide bonds. The van der Waals surface area contributed by atoms with Crippen LogP contribution in [0.15, 0.2) is 152 Å². The Morgan fingerprint density at radius 2 is 1.20 bits per heavy atom. The van der Waals surface area contributed by atoms with Gasteiger partial charge in [0.05, 0.1) is 24.7 Å². The first-order chi connectivity index (χ1) is 33.8. The predicted molar refractivity (Wildman–Crippen MR) is 296 cm³/mol. The van der Waals surface area contributed by atoms with Gasteiger partial charge < -0.3 is 24.0 Å². The van der Waals surface area contributed by atoms with Crippen molar-refractivity contribution in [1.82, 2.24) is 10.2 Å².